The van der Waals surface area contributed by atoms with E-state index in [1.807, 2.05) is 6.07 Å². The van der Waals surface area contributed by atoms with E-state index in [0.717, 1.165) is 5.56 Å². The maximum atomic E-state index is 8.81. The van der Waals surface area contributed by atoms with Crippen molar-refractivity contribution in [1.29, 1.82) is 5.26 Å². The van der Waals surface area contributed by atoms with Crippen molar-refractivity contribution in [2.75, 3.05) is 0 Å². The van der Waals surface area contributed by atoms with Crippen LogP contribution in [0.3, 0.4) is 0 Å². The maximum absolute atomic E-state index is 8.81. The lowest BCUT2D eigenvalue weighted by atomic mass is 10.1. The molecule has 6 heteroatoms. The van der Waals surface area contributed by atoms with Crippen LogP contribution in [0.15, 0.2) is 30.3 Å². The van der Waals surface area contributed by atoms with Crippen LogP contribution in [0.4, 0.5) is 0 Å². The van der Waals surface area contributed by atoms with E-state index in [0.29, 0.717) is 31.9 Å². The van der Waals surface area contributed by atoms with Gasteiger partial charge in [0, 0.05) is 21.2 Å². The minimum absolute atomic E-state index is 0.218. The third-order valence-corrected chi connectivity index (χ3v) is 3.92. The molecular weight excluding hydrogens is 352 g/mol. The molecule has 0 saturated carbocycles. The molecule has 0 bridgehead atoms. The van der Waals surface area contributed by atoms with Gasteiger partial charge in [0.1, 0.15) is 12.4 Å². The van der Waals surface area contributed by atoms with E-state index in [2.05, 4.69) is 0 Å². The standard InChI is InChI=1S/C15H9Cl4NO/c16-6-11-4-12(17)5-14(19)15(11)21-8-10-2-1-9(7-20)3-13(10)18/h1-5H,6,8H2. The van der Waals surface area contributed by atoms with Gasteiger partial charge in [0.05, 0.1) is 22.5 Å². The molecule has 108 valence electrons. The Morgan fingerprint density at radius 2 is 1.76 bits per heavy atom. The Labute approximate surface area is 142 Å². The number of hydrogen-bond acceptors (Lipinski definition) is 2. The zero-order valence-electron chi connectivity index (χ0n) is 10.7. The van der Waals surface area contributed by atoms with Crippen molar-refractivity contribution < 1.29 is 4.74 Å². The summed E-state index contributed by atoms with van der Waals surface area (Å²) in [5.41, 5.74) is 1.95. The Bertz CT molecular complexity index is 710. The summed E-state index contributed by atoms with van der Waals surface area (Å²) in [7, 11) is 0. The quantitative estimate of drug-likeness (QED) is 0.642. The predicted molar refractivity (Wildman–Crippen MR) is 86.5 cm³/mol. The molecule has 0 aliphatic heterocycles. The lowest BCUT2D eigenvalue weighted by Crippen LogP contribution is -2.00. The molecule has 2 aromatic carbocycles. The molecular formula is C15H9Cl4NO. The highest BCUT2D eigenvalue weighted by atomic mass is 35.5. The minimum atomic E-state index is 0.218. The summed E-state index contributed by atoms with van der Waals surface area (Å²) in [6.45, 7) is 0.218. The molecule has 0 amide bonds. The van der Waals surface area contributed by atoms with E-state index in [1.54, 1.807) is 30.3 Å². The first-order valence-corrected chi connectivity index (χ1v) is 7.57. The molecule has 0 radical (unpaired) electrons. The third kappa shape index (κ3) is 3.96. The monoisotopic (exact) mass is 359 g/mol. The Balaban J connectivity index is 2.23. The molecule has 0 aliphatic rings. The van der Waals surface area contributed by atoms with Crippen LogP contribution < -0.4 is 4.74 Å². The number of ether oxygens (including phenoxy) is 1. The van der Waals surface area contributed by atoms with Crippen molar-refractivity contribution in [2.24, 2.45) is 0 Å². The summed E-state index contributed by atoms with van der Waals surface area (Å²) < 4.78 is 5.71. The van der Waals surface area contributed by atoms with E-state index in [9.17, 15) is 0 Å². The molecule has 0 N–H and O–H groups in total. The fraction of sp³-hybridized carbons (Fsp3) is 0.133. The molecule has 0 heterocycles. The van der Waals surface area contributed by atoms with Gasteiger partial charge in [-0.3, -0.25) is 0 Å². The van der Waals surface area contributed by atoms with Crippen LogP contribution in [0.5, 0.6) is 5.75 Å². The molecule has 0 spiro atoms. The van der Waals surface area contributed by atoms with Gasteiger partial charge in [0.25, 0.3) is 0 Å². The third-order valence-electron chi connectivity index (χ3n) is 2.78. The first kappa shape index (κ1) is 16.3. The highest BCUT2D eigenvalue weighted by Gasteiger charge is 2.11. The summed E-state index contributed by atoms with van der Waals surface area (Å²) in [6, 6.07) is 10.3. The second-order valence-electron chi connectivity index (χ2n) is 4.22. The van der Waals surface area contributed by atoms with E-state index in [1.165, 1.54) is 0 Å². The largest absolute Gasteiger partial charge is 0.487 e. The number of rotatable bonds is 4. The van der Waals surface area contributed by atoms with Crippen LogP contribution in [-0.2, 0) is 12.5 Å². The van der Waals surface area contributed by atoms with Crippen LogP contribution in [0, 0.1) is 11.3 Å². The lowest BCUT2D eigenvalue weighted by molar-refractivity contribution is 0.304. The smallest absolute Gasteiger partial charge is 0.142 e. The second kappa shape index (κ2) is 7.24. The van der Waals surface area contributed by atoms with Gasteiger partial charge in [-0.1, -0.05) is 40.9 Å². The molecule has 0 fully saturated rings. The number of alkyl halides is 1. The number of halogens is 4. The number of nitriles is 1. The van der Waals surface area contributed by atoms with Gasteiger partial charge >= 0.3 is 0 Å². The van der Waals surface area contributed by atoms with Gasteiger partial charge in [-0.15, -0.1) is 11.6 Å². The summed E-state index contributed by atoms with van der Waals surface area (Å²) in [6.07, 6.45) is 0. The van der Waals surface area contributed by atoms with Gasteiger partial charge in [0.2, 0.25) is 0 Å². The van der Waals surface area contributed by atoms with E-state index < -0.39 is 0 Å². The highest BCUT2D eigenvalue weighted by molar-refractivity contribution is 6.36. The average Bonchev–Trinajstić information content (AvgIpc) is 2.46. The summed E-state index contributed by atoms with van der Waals surface area (Å²) in [5, 5.41) is 10.2. The van der Waals surface area contributed by atoms with Crippen molar-refractivity contribution in [1.82, 2.24) is 0 Å². The van der Waals surface area contributed by atoms with Crippen LogP contribution in [-0.4, -0.2) is 0 Å². The normalized spacial score (nSPS) is 10.2. The average molecular weight is 361 g/mol. The Morgan fingerprint density at radius 1 is 1.00 bits per heavy atom. The van der Waals surface area contributed by atoms with Gasteiger partial charge in [0.15, 0.2) is 0 Å². The van der Waals surface area contributed by atoms with Crippen molar-refractivity contribution in [3.05, 3.63) is 62.1 Å². The molecule has 0 aliphatic carbocycles. The first-order chi connectivity index (χ1) is 10.0. The van der Waals surface area contributed by atoms with Crippen LogP contribution >= 0.6 is 46.4 Å². The topological polar surface area (TPSA) is 33.0 Å². The van der Waals surface area contributed by atoms with Gasteiger partial charge in [-0.05, 0) is 24.3 Å². The van der Waals surface area contributed by atoms with Crippen molar-refractivity contribution in [3.8, 4) is 11.8 Å². The molecule has 0 unspecified atom stereocenters. The number of nitrogens with zero attached hydrogens (tertiary/aromatic N) is 1. The van der Waals surface area contributed by atoms with E-state index >= 15 is 0 Å². The van der Waals surface area contributed by atoms with Crippen molar-refractivity contribution in [3.63, 3.8) is 0 Å². The molecule has 0 aromatic heterocycles. The summed E-state index contributed by atoms with van der Waals surface area (Å²) in [4.78, 5) is 0. The molecule has 21 heavy (non-hydrogen) atoms. The fourth-order valence-corrected chi connectivity index (χ4v) is 2.78. The zero-order chi connectivity index (χ0) is 15.4. The SMILES string of the molecule is N#Cc1ccc(COc2c(Cl)cc(Cl)cc2CCl)c(Cl)c1. The Kier molecular flexibility index (Phi) is 5.61. The Hall–Kier alpha value is -1.11. The lowest BCUT2D eigenvalue weighted by Gasteiger charge is -2.13. The Morgan fingerprint density at radius 3 is 2.38 bits per heavy atom. The molecule has 0 saturated heterocycles. The number of benzene rings is 2. The predicted octanol–water partition coefficient (Wildman–Crippen LogP) is 5.84. The molecule has 2 aromatic rings. The van der Waals surface area contributed by atoms with E-state index in [-0.39, 0.29) is 12.5 Å². The van der Waals surface area contributed by atoms with Crippen molar-refractivity contribution >= 4 is 46.4 Å². The summed E-state index contributed by atoms with van der Waals surface area (Å²) in [5.74, 6) is 0.716. The van der Waals surface area contributed by atoms with Crippen LogP contribution in [0.2, 0.25) is 15.1 Å². The number of hydrogen-bond donors (Lipinski definition) is 0. The first-order valence-electron chi connectivity index (χ1n) is 5.90. The van der Waals surface area contributed by atoms with Gasteiger partial charge in [-0.2, -0.15) is 5.26 Å². The van der Waals surface area contributed by atoms with Crippen molar-refractivity contribution in [2.45, 2.75) is 12.5 Å². The minimum Gasteiger partial charge on any atom is -0.487 e. The van der Waals surface area contributed by atoms with E-state index in [4.69, 9.17) is 56.4 Å². The molecule has 2 nitrogen and oxygen atoms in total. The maximum Gasteiger partial charge on any atom is 0.142 e. The molecule has 0 atom stereocenters. The highest BCUT2D eigenvalue weighted by Crippen LogP contribution is 2.34. The second-order valence-corrected chi connectivity index (χ2v) is 5.73. The van der Waals surface area contributed by atoms with Crippen LogP contribution in [0.1, 0.15) is 16.7 Å². The zero-order valence-corrected chi connectivity index (χ0v) is 13.7. The molecule has 2 rings (SSSR count). The van der Waals surface area contributed by atoms with Gasteiger partial charge in [-0.25, -0.2) is 0 Å². The van der Waals surface area contributed by atoms with Crippen LogP contribution in [0.25, 0.3) is 0 Å². The fourth-order valence-electron chi connectivity index (χ4n) is 1.76. The van der Waals surface area contributed by atoms with Gasteiger partial charge < -0.3 is 4.74 Å². The summed E-state index contributed by atoms with van der Waals surface area (Å²) >= 11 is 24.0.